The van der Waals surface area contributed by atoms with Crippen LogP contribution in [0, 0.1) is 0 Å². The summed E-state index contributed by atoms with van der Waals surface area (Å²) < 4.78 is 12.8. The first-order valence-electron chi connectivity index (χ1n) is 8.37. The molecule has 2 fully saturated rings. The van der Waals surface area contributed by atoms with Gasteiger partial charge in [0.05, 0.1) is 26.4 Å². The molecule has 2 aliphatic heterocycles. The molecular weight excluding hydrogens is 312 g/mol. The number of hydrogen-bond donors (Lipinski definition) is 0. The Morgan fingerprint density at radius 2 is 1.92 bits per heavy atom. The summed E-state index contributed by atoms with van der Waals surface area (Å²) in [6.45, 7) is 7.68. The van der Waals surface area contributed by atoms with Crippen molar-refractivity contribution in [1.82, 2.24) is 19.6 Å². The number of amides is 2. The van der Waals surface area contributed by atoms with Crippen LogP contribution in [-0.2, 0) is 20.8 Å². The van der Waals surface area contributed by atoms with Crippen molar-refractivity contribution in [3.8, 4) is 0 Å². The third-order valence-corrected chi connectivity index (χ3v) is 4.50. The van der Waals surface area contributed by atoms with Crippen molar-refractivity contribution in [3.05, 3.63) is 18.0 Å². The van der Waals surface area contributed by atoms with Crippen LogP contribution < -0.4 is 0 Å². The number of aromatic nitrogens is 2. The fourth-order valence-electron chi connectivity index (χ4n) is 3.09. The zero-order valence-electron chi connectivity index (χ0n) is 14.2. The molecule has 0 bridgehead atoms. The predicted molar refractivity (Wildman–Crippen MR) is 85.6 cm³/mol. The Morgan fingerprint density at radius 1 is 1.21 bits per heavy atom. The second-order valence-electron chi connectivity index (χ2n) is 6.27. The topological polar surface area (TPSA) is 76.9 Å². The van der Waals surface area contributed by atoms with Gasteiger partial charge in [-0.3, -0.25) is 14.3 Å². The molecule has 0 spiro atoms. The molecule has 3 heterocycles. The molecule has 0 saturated carbocycles. The van der Waals surface area contributed by atoms with Crippen molar-refractivity contribution in [1.29, 1.82) is 0 Å². The molecule has 8 nitrogen and oxygen atoms in total. The van der Waals surface area contributed by atoms with Gasteiger partial charge in [0.15, 0.2) is 5.60 Å². The number of aryl methyl sites for hydroxylation is 1. The van der Waals surface area contributed by atoms with Gasteiger partial charge in [0, 0.05) is 32.4 Å². The van der Waals surface area contributed by atoms with E-state index < -0.39 is 5.60 Å². The third-order valence-electron chi connectivity index (χ3n) is 4.50. The minimum Gasteiger partial charge on any atom is -0.378 e. The van der Waals surface area contributed by atoms with Gasteiger partial charge in [-0.2, -0.15) is 5.10 Å². The Bertz CT molecular complexity index is 611. The van der Waals surface area contributed by atoms with Gasteiger partial charge >= 0.3 is 0 Å². The molecule has 2 amide bonds. The molecule has 2 aliphatic rings. The minimum atomic E-state index is -1.02. The monoisotopic (exact) mass is 336 g/mol. The second kappa shape index (κ2) is 6.90. The molecule has 8 heteroatoms. The lowest BCUT2D eigenvalue weighted by molar-refractivity contribution is -0.168. The molecule has 2 saturated heterocycles. The number of carbonyl (C=O) groups excluding carboxylic acids is 2. The zero-order chi connectivity index (χ0) is 17.2. The highest BCUT2D eigenvalue weighted by Crippen LogP contribution is 2.22. The number of morpholine rings is 2. The Kier molecular flexibility index (Phi) is 4.86. The molecule has 1 aromatic heterocycles. The standard InChI is InChI=1S/C16H24N4O4/c1-3-20-5-4-13(17-20)14(21)19-8-11-24-16(2,12-19)15(22)18-6-9-23-10-7-18/h4-5H,3,6-12H2,1-2H3. The van der Waals surface area contributed by atoms with Gasteiger partial charge in [-0.15, -0.1) is 0 Å². The number of carbonyl (C=O) groups is 2. The summed E-state index contributed by atoms with van der Waals surface area (Å²) in [5, 5.41) is 4.26. The average Bonchev–Trinajstić information content (AvgIpc) is 3.10. The maximum Gasteiger partial charge on any atom is 0.274 e. The van der Waals surface area contributed by atoms with Crippen LogP contribution in [0.2, 0.25) is 0 Å². The van der Waals surface area contributed by atoms with Gasteiger partial charge < -0.3 is 19.3 Å². The summed E-state index contributed by atoms with van der Waals surface area (Å²) in [5.74, 6) is -0.242. The van der Waals surface area contributed by atoms with Crippen molar-refractivity contribution < 1.29 is 19.1 Å². The molecule has 1 atom stereocenters. The maximum atomic E-state index is 12.8. The van der Waals surface area contributed by atoms with E-state index in [0.29, 0.717) is 51.7 Å². The highest BCUT2D eigenvalue weighted by Gasteiger charge is 2.43. The smallest absolute Gasteiger partial charge is 0.274 e. The fourth-order valence-corrected chi connectivity index (χ4v) is 3.09. The van der Waals surface area contributed by atoms with Crippen LogP contribution in [-0.4, -0.2) is 83.0 Å². The van der Waals surface area contributed by atoms with Crippen molar-refractivity contribution in [2.75, 3.05) is 46.0 Å². The number of nitrogens with zero attached hydrogens (tertiary/aromatic N) is 4. The van der Waals surface area contributed by atoms with Gasteiger partial charge in [-0.05, 0) is 19.9 Å². The lowest BCUT2D eigenvalue weighted by Gasteiger charge is -2.42. The number of ether oxygens (including phenoxy) is 2. The summed E-state index contributed by atoms with van der Waals surface area (Å²) in [6, 6.07) is 1.71. The molecule has 0 aromatic carbocycles. The van der Waals surface area contributed by atoms with Crippen LogP contribution in [0.4, 0.5) is 0 Å². The van der Waals surface area contributed by atoms with Crippen LogP contribution in [0.15, 0.2) is 12.3 Å². The maximum absolute atomic E-state index is 12.8. The number of hydrogen-bond acceptors (Lipinski definition) is 5. The first kappa shape index (κ1) is 16.9. The minimum absolute atomic E-state index is 0.0811. The summed E-state index contributed by atoms with van der Waals surface area (Å²) in [7, 11) is 0. The highest BCUT2D eigenvalue weighted by atomic mass is 16.5. The van der Waals surface area contributed by atoms with Gasteiger partial charge in [-0.1, -0.05) is 0 Å². The van der Waals surface area contributed by atoms with Crippen LogP contribution >= 0.6 is 0 Å². The van der Waals surface area contributed by atoms with E-state index in [1.807, 2.05) is 6.92 Å². The fraction of sp³-hybridized carbons (Fsp3) is 0.688. The van der Waals surface area contributed by atoms with Gasteiger partial charge in [0.1, 0.15) is 5.69 Å². The van der Waals surface area contributed by atoms with E-state index in [1.165, 1.54) is 0 Å². The average molecular weight is 336 g/mol. The van der Waals surface area contributed by atoms with E-state index in [2.05, 4.69) is 5.10 Å². The van der Waals surface area contributed by atoms with Crippen LogP contribution in [0.1, 0.15) is 24.3 Å². The quantitative estimate of drug-likeness (QED) is 0.776. The van der Waals surface area contributed by atoms with Gasteiger partial charge in [-0.25, -0.2) is 0 Å². The molecule has 0 radical (unpaired) electrons. The molecule has 0 aliphatic carbocycles. The first-order chi connectivity index (χ1) is 11.5. The highest BCUT2D eigenvalue weighted by molar-refractivity contribution is 5.93. The van der Waals surface area contributed by atoms with E-state index in [-0.39, 0.29) is 18.4 Å². The summed E-state index contributed by atoms with van der Waals surface area (Å²) in [5.41, 5.74) is -0.613. The van der Waals surface area contributed by atoms with E-state index >= 15 is 0 Å². The van der Waals surface area contributed by atoms with E-state index in [1.54, 1.807) is 33.7 Å². The van der Waals surface area contributed by atoms with Gasteiger partial charge in [0.25, 0.3) is 11.8 Å². The van der Waals surface area contributed by atoms with E-state index in [0.717, 1.165) is 0 Å². The van der Waals surface area contributed by atoms with E-state index in [9.17, 15) is 9.59 Å². The van der Waals surface area contributed by atoms with E-state index in [4.69, 9.17) is 9.47 Å². The van der Waals surface area contributed by atoms with Crippen LogP contribution in [0.5, 0.6) is 0 Å². The first-order valence-corrected chi connectivity index (χ1v) is 8.37. The van der Waals surface area contributed by atoms with Gasteiger partial charge in [0.2, 0.25) is 0 Å². The molecule has 3 rings (SSSR count). The normalized spacial score (nSPS) is 24.9. The predicted octanol–water partition coefficient (Wildman–Crippen LogP) is -0.00710. The molecular formula is C16H24N4O4. The lowest BCUT2D eigenvalue weighted by atomic mass is 10.0. The summed E-state index contributed by atoms with van der Waals surface area (Å²) in [6.07, 6.45) is 1.78. The second-order valence-corrected chi connectivity index (χ2v) is 6.27. The zero-order valence-corrected chi connectivity index (χ0v) is 14.2. The Labute approximate surface area is 141 Å². The molecule has 0 N–H and O–H groups in total. The van der Waals surface area contributed by atoms with Crippen molar-refractivity contribution in [2.45, 2.75) is 26.0 Å². The van der Waals surface area contributed by atoms with Crippen molar-refractivity contribution in [3.63, 3.8) is 0 Å². The van der Waals surface area contributed by atoms with Crippen molar-refractivity contribution >= 4 is 11.8 Å². The Balaban J connectivity index is 1.70. The third kappa shape index (κ3) is 3.29. The Morgan fingerprint density at radius 3 is 2.58 bits per heavy atom. The van der Waals surface area contributed by atoms with Crippen LogP contribution in [0.25, 0.3) is 0 Å². The lowest BCUT2D eigenvalue weighted by Crippen LogP contribution is -2.61. The summed E-state index contributed by atoms with van der Waals surface area (Å²) in [4.78, 5) is 28.9. The SMILES string of the molecule is CCn1ccc(C(=O)N2CCOC(C)(C(=O)N3CCOCC3)C2)n1. The molecule has 132 valence electrons. The van der Waals surface area contributed by atoms with Crippen LogP contribution in [0.3, 0.4) is 0 Å². The van der Waals surface area contributed by atoms with Crippen molar-refractivity contribution in [2.24, 2.45) is 0 Å². The Hall–Kier alpha value is -1.93. The molecule has 1 aromatic rings. The number of rotatable bonds is 3. The largest absolute Gasteiger partial charge is 0.378 e. The summed E-state index contributed by atoms with van der Waals surface area (Å²) >= 11 is 0. The molecule has 1 unspecified atom stereocenters. The molecule has 24 heavy (non-hydrogen) atoms.